The van der Waals surface area contributed by atoms with Crippen molar-refractivity contribution >= 4 is 28.9 Å². The number of anilines is 1. The van der Waals surface area contributed by atoms with Gasteiger partial charge in [-0.05, 0) is 30.5 Å². The first-order chi connectivity index (χ1) is 15.7. The van der Waals surface area contributed by atoms with E-state index in [1.807, 2.05) is 54.6 Å². The lowest BCUT2D eigenvalue weighted by atomic mass is 9.95. The first-order valence-corrected chi connectivity index (χ1v) is 11.6. The Labute approximate surface area is 187 Å². The molecule has 2 aromatic carbocycles. The second-order valence-electron chi connectivity index (χ2n) is 8.74. The maximum Gasteiger partial charge on any atom is 0.324 e. The Balaban J connectivity index is 1.34. The number of carbonyl (C=O) groups is 2. The number of carbonyl (C=O) groups excluding carboxylic acids is 2. The number of urea groups is 1. The Kier molecular flexibility index (Phi) is 5.79. The Morgan fingerprint density at radius 2 is 1.72 bits per heavy atom. The second-order valence-corrected chi connectivity index (χ2v) is 8.74. The summed E-state index contributed by atoms with van der Waals surface area (Å²) in [5, 5.41) is 6.19. The van der Waals surface area contributed by atoms with Crippen LogP contribution >= 0.6 is 0 Å². The van der Waals surface area contributed by atoms with Crippen LogP contribution in [0.5, 0.6) is 0 Å². The molecule has 1 aromatic heterocycles. The summed E-state index contributed by atoms with van der Waals surface area (Å²) in [6.07, 6.45) is 5.99. The summed E-state index contributed by atoms with van der Waals surface area (Å²) in [5.41, 5.74) is 2.91. The number of aromatic nitrogens is 2. The quantitative estimate of drug-likeness (QED) is 0.648. The number of hydrogen-bond acceptors (Lipinski definition) is 3. The zero-order chi connectivity index (χ0) is 21.9. The van der Waals surface area contributed by atoms with Gasteiger partial charge in [-0.15, -0.1) is 0 Å². The summed E-state index contributed by atoms with van der Waals surface area (Å²) in [4.78, 5) is 32.7. The topological polar surface area (TPSA) is 79.3 Å². The van der Waals surface area contributed by atoms with E-state index in [9.17, 15) is 9.59 Å². The van der Waals surface area contributed by atoms with E-state index in [-0.39, 0.29) is 18.0 Å². The molecule has 7 nitrogen and oxygen atoms in total. The molecule has 0 spiro atoms. The van der Waals surface area contributed by atoms with Crippen molar-refractivity contribution in [2.75, 3.05) is 11.4 Å². The van der Waals surface area contributed by atoms with Gasteiger partial charge in [0, 0.05) is 25.6 Å². The third kappa shape index (κ3) is 4.20. The summed E-state index contributed by atoms with van der Waals surface area (Å²) < 4.78 is 2.06. The standard InChI is InChI=1S/C25H29N5O2/c31-23(26-19-11-5-2-6-12-19)21(17-18-9-3-1-4-10-18)28-25(32)30-16-15-29-22-14-8-7-13-20(22)27-24(29)30/h1,3-4,7-10,13-14,19,21H,2,5-6,11-12,15-17H2,(H,26,31)(H,28,32). The first kappa shape index (κ1) is 20.5. The molecule has 1 aliphatic heterocycles. The van der Waals surface area contributed by atoms with Crippen LogP contribution < -0.4 is 15.5 Å². The number of benzene rings is 2. The highest BCUT2D eigenvalue weighted by Crippen LogP contribution is 2.27. The Bertz CT molecular complexity index is 1100. The Morgan fingerprint density at radius 3 is 2.53 bits per heavy atom. The van der Waals surface area contributed by atoms with Crippen molar-refractivity contribution in [3.63, 3.8) is 0 Å². The molecule has 2 aliphatic rings. The van der Waals surface area contributed by atoms with Crippen LogP contribution in [0.3, 0.4) is 0 Å². The maximum atomic E-state index is 13.3. The molecule has 7 heteroatoms. The molecule has 5 rings (SSSR count). The molecule has 2 N–H and O–H groups in total. The normalized spacial score (nSPS) is 17.2. The number of rotatable bonds is 5. The SMILES string of the molecule is O=C(NC1CCCCC1)C(Cc1ccccc1)NC(=O)N1CCn2c1nc1ccccc12. The van der Waals surface area contributed by atoms with E-state index in [0.29, 0.717) is 25.5 Å². The van der Waals surface area contributed by atoms with Crippen LogP contribution in [0.2, 0.25) is 0 Å². The van der Waals surface area contributed by atoms with Crippen LogP contribution in [-0.2, 0) is 17.8 Å². The molecule has 3 aromatic rings. The minimum atomic E-state index is -0.634. The van der Waals surface area contributed by atoms with E-state index >= 15 is 0 Å². The van der Waals surface area contributed by atoms with E-state index in [1.54, 1.807) is 4.90 Å². The van der Waals surface area contributed by atoms with E-state index < -0.39 is 6.04 Å². The number of nitrogens with one attached hydrogen (secondary N) is 2. The molecular weight excluding hydrogens is 402 g/mol. The minimum Gasteiger partial charge on any atom is -0.352 e. The van der Waals surface area contributed by atoms with Crippen LogP contribution in [0, 0.1) is 0 Å². The van der Waals surface area contributed by atoms with Crippen molar-refractivity contribution < 1.29 is 9.59 Å². The summed E-state index contributed by atoms with van der Waals surface area (Å²) >= 11 is 0. The zero-order valence-electron chi connectivity index (χ0n) is 18.2. The van der Waals surface area contributed by atoms with Gasteiger partial charge in [-0.3, -0.25) is 9.69 Å². The van der Waals surface area contributed by atoms with Gasteiger partial charge in [-0.1, -0.05) is 61.7 Å². The van der Waals surface area contributed by atoms with Gasteiger partial charge in [0.15, 0.2) is 0 Å². The van der Waals surface area contributed by atoms with Gasteiger partial charge >= 0.3 is 6.03 Å². The van der Waals surface area contributed by atoms with E-state index in [1.165, 1.54) is 6.42 Å². The molecule has 32 heavy (non-hydrogen) atoms. The fraction of sp³-hybridized carbons (Fsp3) is 0.400. The lowest BCUT2D eigenvalue weighted by Crippen LogP contribution is -2.54. The molecule has 166 valence electrons. The molecule has 0 bridgehead atoms. The zero-order valence-corrected chi connectivity index (χ0v) is 18.2. The molecule has 0 radical (unpaired) electrons. The fourth-order valence-corrected chi connectivity index (χ4v) is 4.82. The van der Waals surface area contributed by atoms with Crippen LogP contribution in [-0.4, -0.2) is 40.1 Å². The highest BCUT2D eigenvalue weighted by Gasteiger charge is 2.32. The molecule has 0 saturated heterocycles. The van der Waals surface area contributed by atoms with Gasteiger partial charge in [-0.25, -0.2) is 9.78 Å². The van der Waals surface area contributed by atoms with E-state index in [2.05, 4.69) is 20.2 Å². The van der Waals surface area contributed by atoms with Gasteiger partial charge in [0.25, 0.3) is 0 Å². The average Bonchev–Trinajstić information content (AvgIpc) is 3.39. The highest BCUT2D eigenvalue weighted by atomic mass is 16.2. The van der Waals surface area contributed by atoms with Crippen LogP contribution in [0.1, 0.15) is 37.7 Å². The largest absolute Gasteiger partial charge is 0.352 e. The summed E-state index contributed by atoms with van der Waals surface area (Å²) in [6, 6.07) is 17.0. The third-order valence-electron chi connectivity index (χ3n) is 6.52. The molecule has 1 atom stereocenters. The summed E-state index contributed by atoms with van der Waals surface area (Å²) in [5.74, 6) is 0.525. The van der Waals surface area contributed by atoms with Crippen LogP contribution in [0.25, 0.3) is 11.0 Å². The van der Waals surface area contributed by atoms with Crippen molar-refractivity contribution in [1.82, 2.24) is 20.2 Å². The second kappa shape index (κ2) is 9.02. The van der Waals surface area contributed by atoms with Crippen molar-refractivity contribution in [2.45, 2.75) is 57.2 Å². The van der Waals surface area contributed by atoms with Gasteiger partial charge < -0.3 is 15.2 Å². The Morgan fingerprint density at radius 1 is 0.969 bits per heavy atom. The molecule has 1 unspecified atom stereocenters. The van der Waals surface area contributed by atoms with Gasteiger partial charge in [0.05, 0.1) is 11.0 Å². The van der Waals surface area contributed by atoms with E-state index in [4.69, 9.17) is 0 Å². The van der Waals surface area contributed by atoms with Crippen LogP contribution in [0.15, 0.2) is 54.6 Å². The van der Waals surface area contributed by atoms with Gasteiger partial charge in [-0.2, -0.15) is 0 Å². The third-order valence-corrected chi connectivity index (χ3v) is 6.52. The minimum absolute atomic E-state index is 0.109. The molecule has 2 heterocycles. The average molecular weight is 432 g/mol. The van der Waals surface area contributed by atoms with Crippen molar-refractivity contribution in [3.8, 4) is 0 Å². The monoisotopic (exact) mass is 431 g/mol. The lowest BCUT2D eigenvalue weighted by Gasteiger charge is -2.27. The number of fused-ring (bicyclic) bond motifs is 3. The number of para-hydroxylation sites is 2. The maximum absolute atomic E-state index is 13.3. The van der Waals surface area contributed by atoms with Crippen molar-refractivity contribution in [3.05, 3.63) is 60.2 Å². The molecule has 3 amide bonds. The number of amides is 3. The number of hydrogen-bond donors (Lipinski definition) is 2. The molecule has 1 aliphatic carbocycles. The van der Waals surface area contributed by atoms with Gasteiger partial charge in [0.2, 0.25) is 11.9 Å². The first-order valence-electron chi connectivity index (χ1n) is 11.6. The molecular formula is C25H29N5O2. The highest BCUT2D eigenvalue weighted by molar-refractivity contribution is 5.96. The molecule has 1 saturated carbocycles. The predicted molar refractivity (Wildman–Crippen MR) is 125 cm³/mol. The summed E-state index contributed by atoms with van der Waals surface area (Å²) in [7, 11) is 0. The fourth-order valence-electron chi connectivity index (χ4n) is 4.82. The molecule has 1 fully saturated rings. The number of imidazole rings is 1. The lowest BCUT2D eigenvalue weighted by molar-refractivity contribution is -0.123. The Hall–Kier alpha value is -3.35. The van der Waals surface area contributed by atoms with Crippen molar-refractivity contribution in [1.29, 1.82) is 0 Å². The summed E-state index contributed by atoms with van der Waals surface area (Å²) in [6.45, 7) is 1.24. The van der Waals surface area contributed by atoms with Gasteiger partial charge in [0.1, 0.15) is 6.04 Å². The van der Waals surface area contributed by atoms with E-state index in [0.717, 1.165) is 42.3 Å². The van der Waals surface area contributed by atoms with Crippen molar-refractivity contribution in [2.24, 2.45) is 0 Å². The number of nitrogens with zero attached hydrogens (tertiary/aromatic N) is 3. The predicted octanol–water partition coefficient (Wildman–Crippen LogP) is 3.63. The van der Waals surface area contributed by atoms with Crippen LogP contribution in [0.4, 0.5) is 10.7 Å². The smallest absolute Gasteiger partial charge is 0.324 e.